The summed E-state index contributed by atoms with van der Waals surface area (Å²) in [5.74, 6) is 0.912. The second kappa shape index (κ2) is 7.37. The van der Waals surface area contributed by atoms with Crippen molar-refractivity contribution in [3.8, 4) is 0 Å². The van der Waals surface area contributed by atoms with Crippen LogP contribution in [0.25, 0.3) is 10.9 Å². The number of rotatable bonds is 3. The van der Waals surface area contributed by atoms with E-state index in [0.717, 1.165) is 18.9 Å². The number of aliphatic imine (C=N–C) groups is 1. The molecule has 0 aliphatic heterocycles. The molecule has 0 aliphatic carbocycles. The minimum Gasteiger partial charge on any atom is -0.361 e. The van der Waals surface area contributed by atoms with Crippen molar-refractivity contribution in [2.45, 2.75) is 6.42 Å². The highest BCUT2D eigenvalue weighted by Crippen LogP contribution is 2.17. The standard InChI is InChI=1S/C14H20N4.HI/c1-15-14(18(2)3)16-9-8-11-10-17-13-7-5-4-6-12(11)13;/h4-7,10,17H,8-9H2,1-3H3,(H,15,16);1H. The maximum absolute atomic E-state index is 4.19. The van der Waals surface area contributed by atoms with Gasteiger partial charge in [-0.05, 0) is 18.1 Å². The molecule has 0 spiro atoms. The van der Waals surface area contributed by atoms with Crippen LogP contribution in [-0.4, -0.2) is 43.5 Å². The van der Waals surface area contributed by atoms with Gasteiger partial charge in [-0.25, -0.2) is 0 Å². The summed E-state index contributed by atoms with van der Waals surface area (Å²) in [4.78, 5) is 9.47. The fraction of sp³-hybridized carbons (Fsp3) is 0.357. The highest BCUT2D eigenvalue weighted by molar-refractivity contribution is 14.0. The summed E-state index contributed by atoms with van der Waals surface area (Å²) in [5, 5.41) is 4.64. The smallest absolute Gasteiger partial charge is 0.193 e. The van der Waals surface area contributed by atoms with Crippen molar-refractivity contribution in [1.29, 1.82) is 0 Å². The van der Waals surface area contributed by atoms with Crippen molar-refractivity contribution in [2.24, 2.45) is 4.99 Å². The van der Waals surface area contributed by atoms with Gasteiger partial charge in [-0.1, -0.05) is 18.2 Å². The summed E-state index contributed by atoms with van der Waals surface area (Å²) in [6.07, 6.45) is 3.07. The number of H-pyrrole nitrogens is 1. The molecule has 2 rings (SSSR count). The Bertz CT molecular complexity index is 545. The van der Waals surface area contributed by atoms with E-state index in [1.165, 1.54) is 16.5 Å². The fourth-order valence-electron chi connectivity index (χ4n) is 2.08. The predicted molar refractivity (Wildman–Crippen MR) is 92.5 cm³/mol. The van der Waals surface area contributed by atoms with Crippen LogP contribution in [0.15, 0.2) is 35.5 Å². The van der Waals surface area contributed by atoms with Gasteiger partial charge < -0.3 is 15.2 Å². The first-order chi connectivity index (χ1) is 8.72. The number of benzene rings is 1. The number of aromatic nitrogens is 1. The summed E-state index contributed by atoms with van der Waals surface area (Å²) in [6, 6.07) is 8.38. The fourth-order valence-corrected chi connectivity index (χ4v) is 2.08. The van der Waals surface area contributed by atoms with Gasteiger partial charge in [0.15, 0.2) is 5.96 Å². The highest BCUT2D eigenvalue weighted by atomic mass is 127. The average molecular weight is 372 g/mol. The van der Waals surface area contributed by atoms with Gasteiger partial charge in [-0.3, -0.25) is 4.99 Å². The first kappa shape index (κ1) is 15.8. The van der Waals surface area contributed by atoms with Gasteiger partial charge in [0.25, 0.3) is 0 Å². The molecule has 0 amide bonds. The van der Waals surface area contributed by atoms with E-state index in [1.54, 1.807) is 7.05 Å². The monoisotopic (exact) mass is 372 g/mol. The molecule has 5 heteroatoms. The molecule has 1 aromatic heterocycles. The van der Waals surface area contributed by atoms with E-state index in [0.29, 0.717) is 0 Å². The van der Waals surface area contributed by atoms with Crippen LogP contribution < -0.4 is 5.32 Å². The minimum absolute atomic E-state index is 0. The van der Waals surface area contributed by atoms with Crippen LogP contribution in [0.2, 0.25) is 0 Å². The molecule has 0 radical (unpaired) electrons. The normalized spacial score (nSPS) is 11.2. The summed E-state index contributed by atoms with van der Waals surface area (Å²) < 4.78 is 0. The van der Waals surface area contributed by atoms with Gasteiger partial charge in [0, 0.05) is 44.8 Å². The summed E-state index contributed by atoms with van der Waals surface area (Å²) in [6.45, 7) is 0.882. The van der Waals surface area contributed by atoms with Crippen molar-refractivity contribution >= 4 is 40.8 Å². The summed E-state index contributed by atoms with van der Waals surface area (Å²) in [7, 11) is 5.77. The zero-order valence-corrected chi connectivity index (χ0v) is 13.9. The topological polar surface area (TPSA) is 43.4 Å². The van der Waals surface area contributed by atoms with E-state index in [9.17, 15) is 0 Å². The number of guanidine groups is 1. The summed E-state index contributed by atoms with van der Waals surface area (Å²) >= 11 is 0. The third kappa shape index (κ3) is 3.86. The molecule has 19 heavy (non-hydrogen) atoms. The lowest BCUT2D eigenvalue weighted by Gasteiger charge is -2.16. The number of hydrogen-bond donors (Lipinski definition) is 2. The molecule has 104 valence electrons. The molecule has 1 heterocycles. The highest BCUT2D eigenvalue weighted by Gasteiger charge is 2.03. The first-order valence-electron chi connectivity index (χ1n) is 6.15. The molecule has 2 aromatic rings. The lowest BCUT2D eigenvalue weighted by molar-refractivity contribution is 0.583. The molecule has 0 saturated carbocycles. The van der Waals surface area contributed by atoms with Crippen LogP contribution in [0.3, 0.4) is 0 Å². The second-order valence-corrected chi connectivity index (χ2v) is 4.48. The summed E-state index contributed by atoms with van der Waals surface area (Å²) in [5.41, 5.74) is 2.54. The Morgan fingerprint density at radius 2 is 2.05 bits per heavy atom. The zero-order chi connectivity index (χ0) is 13.0. The lowest BCUT2D eigenvalue weighted by atomic mass is 10.1. The molecular weight excluding hydrogens is 351 g/mol. The SMILES string of the molecule is CN=C(NCCc1c[nH]c2ccccc12)N(C)C.I. The van der Waals surface area contributed by atoms with Crippen LogP contribution in [0.5, 0.6) is 0 Å². The number of para-hydroxylation sites is 1. The Morgan fingerprint density at radius 3 is 2.74 bits per heavy atom. The van der Waals surface area contributed by atoms with Gasteiger partial charge in [0.05, 0.1) is 0 Å². The molecule has 0 unspecified atom stereocenters. The van der Waals surface area contributed by atoms with E-state index < -0.39 is 0 Å². The van der Waals surface area contributed by atoms with Crippen molar-refractivity contribution in [2.75, 3.05) is 27.7 Å². The van der Waals surface area contributed by atoms with Gasteiger partial charge in [-0.15, -0.1) is 24.0 Å². The first-order valence-corrected chi connectivity index (χ1v) is 6.15. The molecular formula is C14H21IN4. The lowest BCUT2D eigenvalue weighted by Crippen LogP contribution is -2.37. The number of nitrogens with zero attached hydrogens (tertiary/aromatic N) is 2. The van der Waals surface area contributed by atoms with Crippen molar-refractivity contribution < 1.29 is 0 Å². The number of nitrogens with one attached hydrogen (secondary N) is 2. The third-order valence-corrected chi connectivity index (χ3v) is 2.99. The van der Waals surface area contributed by atoms with E-state index in [4.69, 9.17) is 0 Å². The van der Waals surface area contributed by atoms with Crippen LogP contribution in [0.1, 0.15) is 5.56 Å². The van der Waals surface area contributed by atoms with E-state index in [-0.39, 0.29) is 24.0 Å². The quantitative estimate of drug-likeness (QED) is 0.494. The van der Waals surface area contributed by atoms with E-state index in [1.807, 2.05) is 19.0 Å². The maximum Gasteiger partial charge on any atom is 0.193 e. The third-order valence-electron chi connectivity index (χ3n) is 2.99. The van der Waals surface area contributed by atoms with Crippen molar-refractivity contribution in [1.82, 2.24) is 15.2 Å². The predicted octanol–water partition coefficient (Wildman–Crippen LogP) is 2.47. The molecule has 0 fully saturated rings. The zero-order valence-electron chi connectivity index (χ0n) is 11.6. The largest absolute Gasteiger partial charge is 0.361 e. The molecule has 0 aliphatic rings. The second-order valence-electron chi connectivity index (χ2n) is 4.48. The molecule has 0 bridgehead atoms. The number of fused-ring (bicyclic) bond motifs is 1. The molecule has 0 atom stereocenters. The van der Waals surface area contributed by atoms with Crippen LogP contribution in [0.4, 0.5) is 0 Å². The van der Waals surface area contributed by atoms with Gasteiger partial charge >= 0.3 is 0 Å². The number of aromatic amines is 1. The molecule has 1 aromatic carbocycles. The van der Waals surface area contributed by atoms with Gasteiger partial charge in [0.2, 0.25) is 0 Å². The van der Waals surface area contributed by atoms with Crippen LogP contribution in [0, 0.1) is 0 Å². The Morgan fingerprint density at radius 1 is 1.32 bits per heavy atom. The Labute approximate surface area is 131 Å². The van der Waals surface area contributed by atoms with E-state index >= 15 is 0 Å². The van der Waals surface area contributed by atoms with E-state index in [2.05, 4.69) is 45.8 Å². The van der Waals surface area contributed by atoms with Gasteiger partial charge in [-0.2, -0.15) is 0 Å². The molecule has 4 nitrogen and oxygen atoms in total. The van der Waals surface area contributed by atoms with Crippen LogP contribution in [-0.2, 0) is 6.42 Å². The Balaban J connectivity index is 0.00000180. The Kier molecular flexibility index (Phi) is 6.14. The van der Waals surface area contributed by atoms with Crippen molar-refractivity contribution in [3.63, 3.8) is 0 Å². The average Bonchev–Trinajstić information content (AvgIpc) is 2.78. The minimum atomic E-state index is 0. The maximum atomic E-state index is 4.19. The van der Waals surface area contributed by atoms with Crippen LogP contribution >= 0.6 is 24.0 Å². The van der Waals surface area contributed by atoms with Crippen molar-refractivity contribution in [3.05, 3.63) is 36.0 Å². The molecule has 0 saturated heterocycles. The Hall–Kier alpha value is -1.24. The number of halogens is 1. The number of hydrogen-bond acceptors (Lipinski definition) is 1. The van der Waals surface area contributed by atoms with Gasteiger partial charge in [0.1, 0.15) is 0 Å². The molecule has 2 N–H and O–H groups in total.